The van der Waals surface area contributed by atoms with Crippen molar-refractivity contribution >= 4 is 7.60 Å². The molecule has 1 unspecified atom stereocenters. The van der Waals surface area contributed by atoms with Gasteiger partial charge in [0.1, 0.15) is 6.35 Å². The van der Waals surface area contributed by atoms with Gasteiger partial charge in [-0.25, -0.2) is 9.36 Å². The van der Waals surface area contributed by atoms with Crippen LogP contribution in [0.15, 0.2) is 21.9 Å². The van der Waals surface area contributed by atoms with Crippen molar-refractivity contribution in [3.05, 3.63) is 33.1 Å². The monoisotopic (exact) mass is 332 g/mol. The summed E-state index contributed by atoms with van der Waals surface area (Å²) >= 11 is 0. The quantitative estimate of drug-likeness (QED) is 0.317. The molecule has 0 saturated carbocycles. The van der Waals surface area contributed by atoms with Gasteiger partial charge in [0.2, 0.25) is 0 Å². The maximum absolute atomic E-state index is 11.6. The number of ether oxygens (including phenoxy) is 2. The molecule has 114 valence electrons. The summed E-state index contributed by atoms with van der Waals surface area (Å²) in [5, 5.41) is 10.2. The molecule has 10 nitrogen and oxygen atoms in total. The van der Waals surface area contributed by atoms with Crippen LogP contribution < -0.4 is 40.8 Å². The molecule has 0 aromatic carbocycles. The van der Waals surface area contributed by atoms with Gasteiger partial charge in [-0.15, -0.1) is 0 Å². The fourth-order valence-corrected chi connectivity index (χ4v) is 2.22. The maximum Gasteiger partial charge on any atom is 1.00 e. The Kier molecular flexibility index (Phi) is 6.13. The van der Waals surface area contributed by atoms with Crippen LogP contribution in [0.3, 0.4) is 0 Å². The Bertz CT molecular complexity index is 660. The van der Waals surface area contributed by atoms with Crippen LogP contribution in [0.4, 0.5) is 0 Å². The topological polar surface area (TPSA) is 151 Å². The van der Waals surface area contributed by atoms with Gasteiger partial charge in [0.15, 0.2) is 0 Å². The number of aromatic nitrogens is 2. The molecule has 1 aromatic rings. The molecule has 0 amide bonds. The number of hydrogen-bond donors (Lipinski definition) is 4. The number of nitrogens with zero attached hydrogens (tertiary/aromatic N) is 1. The Balaban J connectivity index is 0.00000220. The van der Waals surface area contributed by atoms with E-state index in [9.17, 15) is 19.3 Å². The molecule has 1 fully saturated rings. The van der Waals surface area contributed by atoms with Crippen LogP contribution in [0, 0.1) is 0 Å². The molecule has 21 heavy (non-hydrogen) atoms. The number of rotatable bonds is 4. The average molecular weight is 332 g/mol. The number of hydrogen-bond acceptors (Lipinski definition) is 6. The maximum atomic E-state index is 11.6. The first-order valence-electron chi connectivity index (χ1n) is 5.55. The van der Waals surface area contributed by atoms with Gasteiger partial charge in [-0.05, 0) is 0 Å². The number of nitrogens with one attached hydrogen (secondary N) is 1. The second-order valence-corrected chi connectivity index (χ2v) is 5.91. The van der Waals surface area contributed by atoms with Crippen LogP contribution in [0.2, 0.25) is 0 Å². The van der Waals surface area contributed by atoms with E-state index in [1.54, 1.807) is 0 Å². The fourth-order valence-electron chi connectivity index (χ4n) is 1.81. The van der Waals surface area contributed by atoms with Crippen molar-refractivity contribution in [3.63, 3.8) is 0 Å². The largest absolute Gasteiger partial charge is 1.00 e. The molecule has 0 aliphatic carbocycles. The Morgan fingerprint density at radius 3 is 2.81 bits per heavy atom. The van der Waals surface area contributed by atoms with Gasteiger partial charge in [-0.2, -0.15) is 0 Å². The third kappa shape index (κ3) is 4.85. The van der Waals surface area contributed by atoms with Crippen molar-refractivity contribution in [3.8, 4) is 0 Å². The van der Waals surface area contributed by atoms with Gasteiger partial charge < -0.3 is 25.8 Å². The molecule has 0 bridgehead atoms. The normalized spacial score (nSPS) is 25.6. The zero-order valence-corrected chi connectivity index (χ0v) is 14.0. The predicted octanol–water partition coefficient (Wildman–Crippen LogP) is -4.80. The zero-order chi connectivity index (χ0) is 15.0. The van der Waals surface area contributed by atoms with Crippen molar-refractivity contribution in [2.45, 2.75) is 18.4 Å². The SMILES string of the molecule is O=c1ccn(C2(O)C[C@@H](OCP(=O)(O)O)CO2)c(=O)[nH]1.[H-].[Na+]. The molecule has 1 aliphatic heterocycles. The average Bonchev–Trinajstić information content (AvgIpc) is 2.68. The second-order valence-electron chi connectivity index (χ2n) is 4.32. The Hall–Kier alpha value is -0.290. The summed E-state index contributed by atoms with van der Waals surface area (Å²) in [6.45, 7) is -0.151. The van der Waals surface area contributed by atoms with Crippen molar-refractivity contribution in [2.75, 3.05) is 13.0 Å². The summed E-state index contributed by atoms with van der Waals surface area (Å²) in [5.41, 5.74) is -1.49. The fraction of sp³-hybridized carbons (Fsp3) is 0.556. The Morgan fingerprint density at radius 1 is 1.57 bits per heavy atom. The molecule has 1 aliphatic rings. The van der Waals surface area contributed by atoms with Crippen molar-refractivity contribution < 1.29 is 59.9 Å². The summed E-state index contributed by atoms with van der Waals surface area (Å²) in [5.74, 6) is -2.03. The van der Waals surface area contributed by atoms with E-state index in [0.717, 1.165) is 16.8 Å². The van der Waals surface area contributed by atoms with Gasteiger partial charge in [-0.1, -0.05) is 0 Å². The van der Waals surface area contributed by atoms with E-state index in [-0.39, 0.29) is 44.0 Å². The van der Waals surface area contributed by atoms with Gasteiger partial charge in [0.05, 0.1) is 19.1 Å². The van der Waals surface area contributed by atoms with Gasteiger partial charge in [0.25, 0.3) is 11.5 Å². The van der Waals surface area contributed by atoms with Crippen molar-refractivity contribution in [1.29, 1.82) is 0 Å². The standard InChI is InChI=1S/C9H13N2O8P.Na.H/c12-7-1-2-11(8(13)10-7)9(14)3-6(4-19-9)18-5-20(15,16)17;;/h1-2,6,14H,3-5H2,(H,10,12,13)(H2,15,16,17);;/q;+1;-1/t6-,9?;;/m1../s1. The van der Waals surface area contributed by atoms with E-state index in [0.29, 0.717) is 0 Å². The summed E-state index contributed by atoms with van der Waals surface area (Å²) < 4.78 is 21.4. The van der Waals surface area contributed by atoms with Crippen LogP contribution in [-0.2, 0) is 19.9 Å². The van der Waals surface area contributed by atoms with Gasteiger partial charge in [-0.3, -0.25) is 14.3 Å². The molecule has 2 atom stereocenters. The van der Waals surface area contributed by atoms with Crippen molar-refractivity contribution in [1.82, 2.24) is 9.55 Å². The van der Waals surface area contributed by atoms with Crippen molar-refractivity contribution in [2.24, 2.45) is 0 Å². The van der Waals surface area contributed by atoms with E-state index in [1.165, 1.54) is 0 Å². The van der Waals surface area contributed by atoms with E-state index in [2.05, 4.69) is 0 Å². The molecule has 4 N–H and O–H groups in total. The zero-order valence-electron chi connectivity index (χ0n) is 12.1. The smallest absolute Gasteiger partial charge is 1.00 e. The molecule has 2 rings (SSSR count). The first-order valence-corrected chi connectivity index (χ1v) is 7.34. The molecule has 0 radical (unpaired) electrons. The number of aliphatic hydroxyl groups is 1. The minimum absolute atomic E-state index is 0. The summed E-state index contributed by atoms with van der Waals surface area (Å²) in [7, 11) is -4.32. The third-order valence-electron chi connectivity index (χ3n) is 2.67. The number of aromatic amines is 1. The first kappa shape index (κ1) is 18.8. The third-order valence-corrected chi connectivity index (χ3v) is 3.16. The molecule has 1 saturated heterocycles. The van der Waals surface area contributed by atoms with Crippen LogP contribution in [0.1, 0.15) is 7.85 Å². The molecule has 12 heteroatoms. The van der Waals surface area contributed by atoms with E-state index >= 15 is 0 Å². The van der Waals surface area contributed by atoms with E-state index in [4.69, 9.17) is 19.3 Å². The first-order chi connectivity index (χ1) is 9.20. The van der Waals surface area contributed by atoms with Gasteiger partial charge >= 0.3 is 42.8 Å². The van der Waals surface area contributed by atoms with Crippen LogP contribution in [-0.4, -0.2) is 43.5 Å². The Morgan fingerprint density at radius 2 is 2.24 bits per heavy atom. The van der Waals surface area contributed by atoms with Crippen LogP contribution in [0.5, 0.6) is 0 Å². The van der Waals surface area contributed by atoms with Gasteiger partial charge in [0, 0.05) is 12.3 Å². The van der Waals surface area contributed by atoms with E-state index < -0.39 is 37.2 Å². The molecule has 2 heterocycles. The summed E-state index contributed by atoms with van der Waals surface area (Å²) in [6.07, 6.45) is -0.741. The molecule has 0 spiro atoms. The summed E-state index contributed by atoms with van der Waals surface area (Å²) in [6, 6.07) is 1.03. The molecular formula is C9H14N2NaO8P. The predicted molar refractivity (Wildman–Crippen MR) is 65.0 cm³/mol. The second kappa shape index (κ2) is 6.86. The summed E-state index contributed by atoms with van der Waals surface area (Å²) in [4.78, 5) is 41.8. The van der Waals surface area contributed by atoms with Crippen LogP contribution in [0.25, 0.3) is 0 Å². The molecular weight excluding hydrogens is 318 g/mol. The van der Waals surface area contributed by atoms with Crippen LogP contribution >= 0.6 is 7.60 Å². The minimum atomic E-state index is -4.32. The Labute approximate surface area is 141 Å². The molecule has 1 aromatic heterocycles. The number of H-pyrrole nitrogens is 1. The minimum Gasteiger partial charge on any atom is -1.00 e. The van der Waals surface area contributed by atoms with E-state index in [1.807, 2.05) is 4.98 Å².